The topological polar surface area (TPSA) is 99.8 Å². The molecule has 4 rings (SSSR count). The molecule has 0 spiro atoms. The van der Waals surface area contributed by atoms with Crippen LogP contribution in [0.3, 0.4) is 0 Å². The van der Waals surface area contributed by atoms with Gasteiger partial charge in [0.25, 0.3) is 0 Å². The highest BCUT2D eigenvalue weighted by Crippen LogP contribution is 2.31. The fourth-order valence-corrected chi connectivity index (χ4v) is 3.15. The molecule has 6 nitrogen and oxygen atoms in total. The molecule has 26 heavy (non-hydrogen) atoms. The Labute approximate surface area is 150 Å². The maximum Gasteiger partial charge on any atom is 0.145 e. The summed E-state index contributed by atoms with van der Waals surface area (Å²) in [7, 11) is 0. The van der Waals surface area contributed by atoms with Gasteiger partial charge in [0, 0.05) is 5.69 Å². The highest BCUT2D eigenvalue weighted by molar-refractivity contribution is 6.30. The first-order valence-electron chi connectivity index (χ1n) is 8.24. The predicted octanol–water partition coefficient (Wildman–Crippen LogP) is 3.82. The molecule has 3 aromatic rings. The summed E-state index contributed by atoms with van der Waals surface area (Å²) < 4.78 is 0. The van der Waals surface area contributed by atoms with Gasteiger partial charge in [0.05, 0.1) is 34.8 Å². The molecule has 0 saturated heterocycles. The molecule has 1 aromatic heterocycles. The van der Waals surface area contributed by atoms with Crippen LogP contribution in [-0.4, -0.2) is 27.5 Å². The number of nitriles is 1. The van der Waals surface area contributed by atoms with Gasteiger partial charge in [-0.3, -0.25) is 5.41 Å². The molecule has 0 atom stereocenters. The molecule has 0 amide bonds. The summed E-state index contributed by atoms with van der Waals surface area (Å²) >= 11 is 0. The number of fused-ring (bicyclic) bond motifs is 1. The highest BCUT2D eigenvalue weighted by atomic mass is 16.3. The number of H-pyrrole nitrogens is 1. The van der Waals surface area contributed by atoms with Gasteiger partial charge in [0.1, 0.15) is 17.4 Å². The number of imidazole rings is 1. The summed E-state index contributed by atoms with van der Waals surface area (Å²) in [6, 6.07) is 13.0. The second kappa shape index (κ2) is 5.74. The van der Waals surface area contributed by atoms with Crippen molar-refractivity contribution in [3.63, 3.8) is 0 Å². The number of hydrogen-bond acceptors (Lipinski definition) is 4. The largest absolute Gasteiger partial charge is 0.509 e. The van der Waals surface area contributed by atoms with E-state index in [9.17, 15) is 5.11 Å². The van der Waals surface area contributed by atoms with Crippen molar-refractivity contribution in [1.82, 2.24) is 9.97 Å². The van der Waals surface area contributed by atoms with Crippen molar-refractivity contribution < 1.29 is 5.11 Å². The van der Waals surface area contributed by atoms with Crippen molar-refractivity contribution in [3.05, 3.63) is 64.7 Å². The molecule has 2 aromatic carbocycles. The van der Waals surface area contributed by atoms with Crippen molar-refractivity contribution in [2.75, 3.05) is 11.4 Å². The quantitative estimate of drug-likeness (QED) is 0.658. The minimum atomic E-state index is 0.104. The minimum absolute atomic E-state index is 0.104. The van der Waals surface area contributed by atoms with E-state index in [4.69, 9.17) is 10.7 Å². The van der Waals surface area contributed by atoms with Crippen molar-refractivity contribution in [1.29, 1.82) is 10.7 Å². The monoisotopic (exact) mass is 343 g/mol. The maximum atomic E-state index is 10.5. The van der Waals surface area contributed by atoms with Crippen molar-refractivity contribution in [3.8, 4) is 6.07 Å². The number of aliphatic hydroxyl groups is 1. The summed E-state index contributed by atoms with van der Waals surface area (Å²) in [6.45, 7) is 4.27. The van der Waals surface area contributed by atoms with E-state index in [2.05, 4.69) is 16.0 Å². The lowest BCUT2D eigenvalue weighted by Crippen LogP contribution is -2.26. The number of nitrogens with zero attached hydrogens (tertiary/aromatic N) is 3. The number of anilines is 1. The van der Waals surface area contributed by atoms with Gasteiger partial charge in [-0.05, 0) is 61.4 Å². The third-order valence-electron chi connectivity index (χ3n) is 4.75. The second-order valence-electron chi connectivity index (χ2n) is 6.45. The number of aliphatic hydroxyl groups excluding tert-OH is 1. The normalized spacial score (nSPS) is 14.3. The first kappa shape index (κ1) is 15.9. The molecule has 6 heteroatoms. The summed E-state index contributed by atoms with van der Waals surface area (Å²) in [5, 5.41) is 27.9. The maximum absolute atomic E-state index is 10.5. The van der Waals surface area contributed by atoms with E-state index in [1.165, 1.54) is 0 Å². The van der Waals surface area contributed by atoms with E-state index < -0.39 is 0 Å². The van der Waals surface area contributed by atoms with Gasteiger partial charge >= 0.3 is 0 Å². The molecule has 0 aliphatic carbocycles. The van der Waals surface area contributed by atoms with Crippen LogP contribution in [0, 0.1) is 30.6 Å². The first-order valence-corrected chi connectivity index (χ1v) is 8.24. The number of aromatic amines is 1. The van der Waals surface area contributed by atoms with Crippen LogP contribution in [0.4, 0.5) is 5.69 Å². The molecule has 128 valence electrons. The van der Waals surface area contributed by atoms with Gasteiger partial charge in [-0.1, -0.05) is 0 Å². The average molecular weight is 343 g/mol. The van der Waals surface area contributed by atoms with E-state index in [0.29, 0.717) is 17.0 Å². The summed E-state index contributed by atoms with van der Waals surface area (Å²) in [4.78, 5) is 9.48. The van der Waals surface area contributed by atoms with Gasteiger partial charge in [-0.25, -0.2) is 4.98 Å². The molecule has 0 unspecified atom stereocenters. The van der Waals surface area contributed by atoms with Crippen LogP contribution in [0.15, 0.2) is 42.2 Å². The second-order valence-corrected chi connectivity index (χ2v) is 6.45. The summed E-state index contributed by atoms with van der Waals surface area (Å²) in [5.74, 6) is 0.773. The molecule has 0 bridgehead atoms. The van der Waals surface area contributed by atoms with Crippen molar-refractivity contribution >= 4 is 28.1 Å². The van der Waals surface area contributed by atoms with E-state index in [-0.39, 0.29) is 18.1 Å². The van der Waals surface area contributed by atoms with E-state index in [0.717, 1.165) is 27.8 Å². The Bertz CT molecular complexity index is 1080. The van der Waals surface area contributed by atoms with Crippen LogP contribution in [0.5, 0.6) is 0 Å². The molecule has 1 aliphatic rings. The Morgan fingerprint density at radius 1 is 1.19 bits per heavy atom. The van der Waals surface area contributed by atoms with E-state index >= 15 is 0 Å². The third kappa shape index (κ3) is 2.42. The SMILES string of the molecule is Cc1cc2nc(C3=C(O)CN(c4ccc(C#N)cc4)C3=N)[nH]c2cc1C. The van der Waals surface area contributed by atoms with Crippen LogP contribution in [0.25, 0.3) is 16.6 Å². The number of aromatic nitrogens is 2. The highest BCUT2D eigenvalue weighted by Gasteiger charge is 2.31. The lowest BCUT2D eigenvalue weighted by Gasteiger charge is -2.18. The lowest BCUT2D eigenvalue weighted by atomic mass is 10.1. The van der Waals surface area contributed by atoms with E-state index in [1.54, 1.807) is 29.2 Å². The van der Waals surface area contributed by atoms with E-state index in [1.807, 2.05) is 26.0 Å². The standard InChI is InChI=1S/C20H17N5O/c1-11-7-15-16(8-12(11)2)24-20(23-15)18-17(26)10-25(19(18)22)14-5-3-13(9-21)4-6-14/h3-8,22,26H,10H2,1-2H3,(H,23,24). The zero-order chi connectivity index (χ0) is 18.4. The van der Waals surface area contributed by atoms with Crippen LogP contribution in [0.1, 0.15) is 22.5 Å². The fourth-order valence-electron chi connectivity index (χ4n) is 3.15. The van der Waals surface area contributed by atoms with Gasteiger partial charge in [0.15, 0.2) is 0 Å². The van der Waals surface area contributed by atoms with Crippen molar-refractivity contribution in [2.45, 2.75) is 13.8 Å². The van der Waals surface area contributed by atoms with Gasteiger partial charge in [0.2, 0.25) is 0 Å². The van der Waals surface area contributed by atoms with Crippen LogP contribution in [-0.2, 0) is 0 Å². The number of amidine groups is 1. The Morgan fingerprint density at radius 3 is 2.58 bits per heavy atom. The first-order chi connectivity index (χ1) is 12.5. The van der Waals surface area contributed by atoms with Gasteiger partial charge in [-0.15, -0.1) is 0 Å². The predicted molar refractivity (Wildman–Crippen MR) is 101 cm³/mol. The number of aryl methyl sites for hydroxylation is 2. The summed E-state index contributed by atoms with van der Waals surface area (Å²) in [6.07, 6.45) is 0. The molecular weight excluding hydrogens is 326 g/mol. The molecule has 3 N–H and O–H groups in total. The van der Waals surface area contributed by atoms with Gasteiger partial charge < -0.3 is 15.0 Å². The van der Waals surface area contributed by atoms with Crippen LogP contribution >= 0.6 is 0 Å². The Balaban J connectivity index is 1.72. The molecule has 0 saturated carbocycles. The summed E-state index contributed by atoms with van der Waals surface area (Å²) in [5.41, 5.74) is 5.71. The number of benzene rings is 2. The number of rotatable bonds is 2. The minimum Gasteiger partial charge on any atom is -0.509 e. The molecular formula is C20H17N5O. The van der Waals surface area contributed by atoms with Crippen molar-refractivity contribution in [2.24, 2.45) is 0 Å². The molecule has 2 heterocycles. The fraction of sp³-hybridized carbons (Fsp3) is 0.150. The zero-order valence-corrected chi connectivity index (χ0v) is 14.5. The molecule has 0 radical (unpaired) electrons. The zero-order valence-electron chi connectivity index (χ0n) is 14.5. The number of nitrogens with one attached hydrogen (secondary N) is 2. The third-order valence-corrected chi connectivity index (χ3v) is 4.75. The lowest BCUT2D eigenvalue weighted by molar-refractivity contribution is 0.411. The van der Waals surface area contributed by atoms with Gasteiger partial charge in [-0.2, -0.15) is 5.26 Å². The van der Waals surface area contributed by atoms with Crippen LogP contribution < -0.4 is 4.90 Å². The van der Waals surface area contributed by atoms with Crippen LogP contribution in [0.2, 0.25) is 0 Å². The molecule has 0 fully saturated rings. The Morgan fingerprint density at radius 2 is 1.88 bits per heavy atom. The molecule has 1 aliphatic heterocycles. The number of hydrogen-bond donors (Lipinski definition) is 3. The Kier molecular flexibility index (Phi) is 3.51. The average Bonchev–Trinajstić information content (AvgIpc) is 3.15. The smallest absolute Gasteiger partial charge is 0.145 e. The Hall–Kier alpha value is -3.59.